The molecule has 0 aromatic heterocycles. The van der Waals surface area contributed by atoms with Crippen LogP contribution in [0.4, 0.5) is 5.69 Å². The third-order valence-electron chi connectivity index (χ3n) is 1.95. The molecule has 0 spiro atoms. The largest absolute Gasteiger partial charge is 0.502 e. The molecule has 0 bridgehead atoms. The number of carbonyl (C=O) groups excluding carboxylic acids is 2. The summed E-state index contributed by atoms with van der Waals surface area (Å²) in [6, 6.07) is 1.90. The number of hydrogen-bond acceptors (Lipinski definition) is 6. The van der Waals surface area contributed by atoms with Gasteiger partial charge in [-0.3, -0.25) is 14.9 Å². The Labute approximate surface area is 95.8 Å². The van der Waals surface area contributed by atoms with E-state index in [0.717, 1.165) is 12.1 Å². The average Bonchev–Trinajstić information content (AvgIpc) is 2.29. The summed E-state index contributed by atoms with van der Waals surface area (Å²) in [5, 5.41) is 20.0. The smallest absolute Gasteiger partial charge is 0.338 e. The zero-order valence-electron chi connectivity index (χ0n) is 8.87. The number of ether oxygens (including phenoxy) is 1. The second-order valence-corrected chi connectivity index (χ2v) is 3.03. The van der Waals surface area contributed by atoms with Crippen LogP contribution in [0.5, 0.6) is 5.75 Å². The first-order valence-electron chi connectivity index (χ1n) is 4.65. The second-order valence-electron chi connectivity index (χ2n) is 3.03. The summed E-state index contributed by atoms with van der Waals surface area (Å²) in [4.78, 5) is 31.7. The summed E-state index contributed by atoms with van der Waals surface area (Å²) in [5.41, 5.74) is -1.20. The maximum Gasteiger partial charge on any atom is 0.338 e. The Morgan fingerprint density at radius 1 is 1.59 bits per heavy atom. The van der Waals surface area contributed by atoms with Crippen LogP contribution >= 0.6 is 0 Å². The molecule has 0 heterocycles. The van der Waals surface area contributed by atoms with Crippen molar-refractivity contribution in [2.75, 3.05) is 6.61 Å². The number of nitrogens with zero attached hydrogens (tertiary/aromatic N) is 1. The number of hydrogen-bond donors (Lipinski definition) is 1. The predicted molar refractivity (Wildman–Crippen MR) is 56.1 cm³/mol. The average molecular weight is 239 g/mol. The number of aldehydes is 1. The summed E-state index contributed by atoms with van der Waals surface area (Å²) < 4.78 is 4.64. The van der Waals surface area contributed by atoms with Crippen molar-refractivity contribution >= 4 is 17.9 Å². The Morgan fingerprint density at radius 3 is 2.71 bits per heavy atom. The van der Waals surface area contributed by atoms with Crippen molar-refractivity contribution in [1.29, 1.82) is 0 Å². The minimum Gasteiger partial charge on any atom is -0.502 e. The molecular weight excluding hydrogens is 230 g/mol. The molecule has 1 aromatic carbocycles. The van der Waals surface area contributed by atoms with Crippen LogP contribution in [0.15, 0.2) is 12.1 Å². The molecule has 0 aliphatic rings. The van der Waals surface area contributed by atoms with E-state index in [1.54, 1.807) is 6.92 Å². The van der Waals surface area contributed by atoms with Gasteiger partial charge in [0.05, 0.1) is 22.7 Å². The molecule has 0 unspecified atom stereocenters. The van der Waals surface area contributed by atoms with Gasteiger partial charge in [-0.05, 0) is 13.0 Å². The monoisotopic (exact) mass is 239 g/mol. The Kier molecular flexibility index (Phi) is 3.76. The SMILES string of the molecule is CCOC(=O)c1cc(C=O)c(O)c([N+](=O)[O-])c1. The molecule has 1 rings (SSSR count). The molecule has 0 aliphatic carbocycles. The fraction of sp³-hybridized carbons (Fsp3) is 0.200. The second kappa shape index (κ2) is 5.06. The van der Waals surface area contributed by atoms with Gasteiger partial charge in [-0.1, -0.05) is 0 Å². The molecule has 0 amide bonds. The Morgan fingerprint density at radius 2 is 2.24 bits per heavy atom. The maximum absolute atomic E-state index is 11.4. The minimum atomic E-state index is -0.884. The number of rotatable bonds is 4. The molecule has 1 aromatic rings. The summed E-state index contributed by atoms with van der Waals surface area (Å²) in [6.45, 7) is 1.68. The molecule has 0 fully saturated rings. The van der Waals surface area contributed by atoms with Crippen molar-refractivity contribution < 1.29 is 24.4 Å². The van der Waals surface area contributed by atoms with Crippen LogP contribution in [-0.2, 0) is 4.74 Å². The number of nitro benzene ring substituents is 1. The molecule has 90 valence electrons. The molecule has 0 aliphatic heterocycles. The summed E-state index contributed by atoms with van der Waals surface area (Å²) in [6.07, 6.45) is 0.227. The first kappa shape index (κ1) is 12.6. The van der Waals surface area contributed by atoms with Gasteiger partial charge in [0.15, 0.2) is 6.29 Å². The third-order valence-corrected chi connectivity index (χ3v) is 1.95. The standard InChI is InChI=1S/C10H9NO6/c1-2-17-10(14)6-3-7(5-12)9(13)8(4-6)11(15)16/h3-5,13H,2H2,1H3. The van der Waals surface area contributed by atoms with E-state index in [-0.39, 0.29) is 24.0 Å². The van der Waals surface area contributed by atoms with Crippen molar-refractivity contribution in [2.24, 2.45) is 0 Å². The van der Waals surface area contributed by atoms with Gasteiger partial charge < -0.3 is 9.84 Å². The molecular formula is C10H9NO6. The maximum atomic E-state index is 11.4. The number of aromatic hydroxyl groups is 1. The fourth-order valence-electron chi connectivity index (χ4n) is 1.20. The van der Waals surface area contributed by atoms with Crippen LogP contribution in [0.1, 0.15) is 27.6 Å². The van der Waals surface area contributed by atoms with Gasteiger partial charge in [0.1, 0.15) is 0 Å². The van der Waals surface area contributed by atoms with Crippen LogP contribution in [-0.4, -0.2) is 28.9 Å². The topological polar surface area (TPSA) is 107 Å². The number of phenols is 1. The van der Waals surface area contributed by atoms with Crippen molar-refractivity contribution in [3.63, 3.8) is 0 Å². The Balaban J connectivity index is 3.34. The van der Waals surface area contributed by atoms with E-state index in [4.69, 9.17) is 0 Å². The van der Waals surface area contributed by atoms with Crippen molar-refractivity contribution in [3.8, 4) is 5.75 Å². The zero-order chi connectivity index (χ0) is 13.0. The first-order valence-corrected chi connectivity index (χ1v) is 4.65. The van der Waals surface area contributed by atoms with Crippen LogP contribution in [0.3, 0.4) is 0 Å². The third kappa shape index (κ3) is 2.57. The molecule has 0 atom stereocenters. The summed E-state index contributed by atoms with van der Waals surface area (Å²) in [5.74, 6) is -1.56. The number of phenolic OH excluding ortho intramolecular Hbond substituents is 1. The van der Waals surface area contributed by atoms with E-state index in [1.165, 1.54) is 0 Å². The number of benzene rings is 1. The Bertz CT molecular complexity index is 482. The van der Waals surface area contributed by atoms with Gasteiger partial charge in [-0.25, -0.2) is 4.79 Å². The van der Waals surface area contributed by atoms with Gasteiger partial charge >= 0.3 is 11.7 Å². The molecule has 7 nitrogen and oxygen atoms in total. The van der Waals surface area contributed by atoms with Crippen molar-refractivity contribution in [3.05, 3.63) is 33.4 Å². The molecule has 17 heavy (non-hydrogen) atoms. The van der Waals surface area contributed by atoms with E-state index in [9.17, 15) is 24.8 Å². The summed E-state index contributed by atoms with van der Waals surface area (Å²) in [7, 11) is 0. The van der Waals surface area contributed by atoms with E-state index < -0.39 is 22.3 Å². The highest BCUT2D eigenvalue weighted by atomic mass is 16.6. The lowest BCUT2D eigenvalue weighted by Gasteiger charge is -2.04. The Hall–Kier alpha value is -2.44. The van der Waals surface area contributed by atoms with Crippen molar-refractivity contribution in [2.45, 2.75) is 6.92 Å². The normalized spacial score (nSPS) is 9.71. The van der Waals surface area contributed by atoms with Gasteiger partial charge in [0.25, 0.3) is 0 Å². The lowest BCUT2D eigenvalue weighted by Crippen LogP contribution is -2.06. The molecule has 7 heteroatoms. The number of carbonyl (C=O) groups is 2. The molecule has 0 saturated heterocycles. The van der Waals surface area contributed by atoms with Crippen LogP contribution in [0, 0.1) is 10.1 Å². The van der Waals surface area contributed by atoms with Gasteiger partial charge in [0.2, 0.25) is 5.75 Å². The van der Waals surface area contributed by atoms with Gasteiger partial charge in [0, 0.05) is 6.07 Å². The summed E-state index contributed by atoms with van der Waals surface area (Å²) >= 11 is 0. The van der Waals surface area contributed by atoms with Crippen LogP contribution in [0.25, 0.3) is 0 Å². The lowest BCUT2D eigenvalue weighted by molar-refractivity contribution is -0.385. The lowest BCUT2D eigenvalue weighted by atomic mass is 10.1. The van der Waals surface area contributed by atoms with E-state index in [1.807, 2.05) is 0 Å². The highest BCUT2D eigenvalue weighted by Gasteiger charge is 2.21. The minimum absolute atomic E-state index is 0.101. The highest BCUT2D eigenvalue weighted by molar-refractivity contribution is 5.94. The van der Waals surface area contributed by atoms with E-state index >= 15 is 0 Å². The predicted octanol–water partition coefficient (Wildman–Crippen LogP) is 1.29. The highest BCUT2D eigenvalue weighted by Crippen LogP contribution is 2.30. The number of nitro groups is 1. The van der Waals surface area contributed by atoms with Crippen LogP contribution in [0.2, 0.25) is 0 Å². The van der Waals surface area contributed by atoms with Gasteiger partial charge in [-0.2, -0.15) is 0 Å². The van der Waals surface area contributed by atoms with E-state index in [2.05, 4.69) is 4.74 Å². The van der Waals surface area contributed by atoms with Crippen LogP contribution < -0.4 is 0 Å². The first-order chi connectivity index (χ1) is 8.01. The quantitative estimate of drug-likeness (QED) is 0.367. The molecule has 0 saturated carbocycles. The number of esters is 1. The van der Waals surface area contributed by atoms with E-state index in [0.29, 0.717) is 0 Å². The zero-order valence-corrected chi connectivity index (χ0v) is 8.87. The van der Waals surface area contributed by atoms with Gasteiger partial charge in [-0.15, -0.1) is 0 Å². The fourth-order valence-corrected chi connectivity index (χ4v) is 1.20. The molecule has 1 N–H and O–H groups in total. The van der Waals surface area contributed by atoms with Crippen molar-refractivity contribution in [1.82, 2.24) is 0 Å². The molecule has 0 radical (unpaired) electrons.